The third kappa shape index (κ3) is 12.5. The van der Waals surface area contributed by atoms with E-state index in [0.29, 0.717) is 32.1 Å². The van der Waals surface area contributed by atoms with Crippen molar-refractivity contribution < 1.29 is 24.6 Å². The van der Waals surface area contributed by atoms with Crippen LogP contribution in [0.25, 0.3) is 0 Å². The van der Waals surface area contributed by atoms with Gasteiger partial charge in [0.25, 0.3) is 0 Å². The molecule has 7 nitrogen and oxygen atoms in total. The highest BCUT2D eigenvalue weighted by Gasteiger charge is 1.98. The Kier molecular flexibility index (Phi) is 9.83. The number of primary amides is 2. The van der Waals surface area contributed by atoms with Crippen LogP contribution in [0.1, 0.15) is 37.7 Å². The molecule has 0 unspecified atom stereocenters. The molecule has 0 radical (unpaired) electrons. The molecule has 0 fully saturated rings. The lowest BCUT2D eigenvalue weighted by Gasteiger charge is -1.97. The van der Waals surface area contributed by atoms with Crippen molar-refractivity contribution in [1.82, 2.24) is 0 Å². The first-order valence-corrected chi connectivity index (χ1v) is 6.87. The van der Waals surface area contributed by atoms with Crippen LogP contribution >= 0.6 is 0 Å². The van der Waals surface area contributed by atoms with Gasteiger partial charge >= 0.3 is 5.97 Å². The number of aliphatic carboxylic acids is 1. The molecule has 1 rings (SSSR count). The molecular formula is C15H22N2O5. The fourth-order valence-electron chi connectivity index (χ4n) is 1.51. The average molecular weight is 310 g/mol. The van der Waals surface area contributed by atoms with Crippen LogP contribution in [0.2, 0.25) is 0 Å². The minimum Gasteiger partial charge on any atom is -0.508 e. The van der Waals surface area contributed by atoms with Crippen molar-refractivity contribution >= 4 is 17.8 Å². The van der Waals surface area contributed by atoms with Gasteiger partial charge in [-0.2, -0.15) is 0 Å². The molecular weight excluding hydrogens is 288 g/mol. The summed E-state index contributed by atoms with van der Waals surface area (Å²) in [6, 6.07) is 6.55. The monoisotopic (exact) mass is 310 g/mol. The minimum absolute atomic E-state index is 0.130. The maximum absolute atomic E-state index is 10.2. The zero-order valence-corrected chi connectivity index (χ0v) is 12.3. The van der Waals surface area contributed by atoms with Crippen LogP contribution in [-0.2, 0) is 20.8 Å². The van der Waals surface area contributed by atoms with E-state index in [0.717, 1.165) is 5.56 Å². The van der Waals surface area contributed by atoms with Crippen LogP contribution in [0, 0.1) is 0 Å². The number of unbranched alkanes of at least 4 members (excludes halogenated alkanes) is 1. The van der Waals surface area contributed by atoms with E-state index in [4.69, 9.17) is 21.7 Å². The average Bonchev–Trinajstić information content (AvgIpc) is 2.43. The third-order valence-electron chi connectivity index (χ3n) is 2.66. The molecule has 0 bridgehead atoms. The first kappa shape index (κ1) is 19.4. The van der Waals surface area contributed by atoms with Gasteiger partial charge < -0.3 is 21.7 Å². The molecule has 0 aliphatic carbocycles. The van der Waals surface area contributed by atoms with E-state index in [1.807, 2.05) is 0 Å². The molecule has 1 aromatic carbocycles. The van der Waals surface area contributed by atoms with Crippen molar-refractivity contribution in [1.29, 1.82) is 0 Å². The van der Waals surface area contributed by atoms with Gasteiger partial charge in [0.05, 0.1) is 0 Å². The molecule has 0 heterocycles. The Balaban J connectivity index is 0.000000409. The van der Waals surface area contributed by atoms with Crippen molar-refractivity contribution in [2.75, 3.05) is 0 Å². The van der Waals surface area contributed by atoms with Crippen LogP contribution in [0.5, 0.6) is 5.75 Å². The third-order valence-corrected chi connectivity index (χ3v) is 2.66. The van der Waals surface area contributed by atoms with Crippen molar-refractivity contribution in [3.05, 3.63) is 29.8 Å². The number of aromatic hydroxyl groups is 1. The summed E-state index contributed by atoms with van der Waals surface area (Å²) in [6.07, 6.45) is 2.62. The van der Waals surface area contributed by atoms with E-state index < -0.39 is 5.97 Å². The van der Waals surface area contributed by atoms with E-state index in [1.165, 1.54) is 0 Å². The molecule has 6 N–H and O–H groups in total. The van der Waals surface area contributed by atoms with Gasteiger partial charge in [0, 0.05) is 19.3 Å². The zero-order valence-electron chi connectivity index (χ0n) is 12.3. The number of nitrogens with two attached hydrogens (primary N) is 2. The van der Waals surface area contributed by atoms with Gasteiger partial charge in [0.15, 0.2) is 0 Å². The largest absolute Gasteiger partial charge is 0.508 e. The predicted molar refractivity (Wildman–Crippen MR) is 80.9 cm³/mol. The van der Waals surface area contributed by atoms with Gasteiger partial charge in [-0.3, -0.25) is 14.4 Å². The molecule has 0 aliphatic heterocycles. The number of amides is 2. The Morgan fingerprint density at radius 1 is 0.864 bits per heavy atom. The summed E-state index contributed by atoms with van der Waals surface area (Å²) < 4.78 is 0. The summed E-state index contributed by atoms with van der Waals surface area (Å²) in [5.41, 5.74) is 10.6. The van der Waals surface area contributed by atoms with Crippen molar-refractivity contribution in [3.63, 3.8) is 0 Å². The summed E-state index contributed by atoms with van der Waals surface area (Å²) in [5, 5.41) is 17.3. The molecule has 0 atom stereocenters. The molecule has 0 aromatic heterocycles. The number of hydrogen-bond donors (Lipinski definition) is 4. The maximum Gasteiger partial charge on any atom is 0.303 e. The number of rotatable bonds is 8. The van der Waals surface area contributed by atoms with Crippen molar-refractivity contribution in [2.24, 2.45) is 11.5 Å². The summed E-state index contributed by atoms with van der Waals surface area (Å²) in [6.45, 7) is 0. The molecule has 22 heavy (non-hydrogen) atoms. The number of phenolic OH excluding ortho intramolecular Hbond substituents is 1. The highest BCUT2D eigenvalue weighted by Crippen LogP contribution is 2.10. The number of hydrogen-bond acceptors (Lipinski definition) is 4. The van der Waals surface area contributed by atoms with Crippen LogP contribution in [0.4, 0.5) is 0 Å². The lowest BCUT2D eigenvalue weighted by Crippen LogP contribution is -2.12. The molecule has 1 aromatic rings. The van der Waals surface area contributed by atoms with Gasteiger partial charge in [-0.05, 0) is 37.0 Å². The van der Waals surface area contributed by atoms with E-state index in [2.05, 4.69) is 0 Å². The molecule has 0 aliphatic rings. The van der Waals surface area contributed by atoms with Crippen LogP contribution in [0.15, 0.2) is 24.3 Å². The minimum atomic E-state index is -0.803. The van der Waals surface area contributed by atoms with E-state index in [1.54, 1.807) is 24.3 Å². The smallest absolute Gasteiger partial charge is 0.303 e. The summed E-state index contributed by atoms with van der Waals surface area (Å²) in [7, 11) is 0. The highest BCUT2D eigenvalue weighted by molar-refractivity contribution is 5.74. The van der Waals surface area contributed by atoms with Crippen LogP contribution < -0.4 is 11.5 Å². The molecule has 0 saturated carbocycles. The number of carboxylic acids is 1. The summed E-state index contributed by atoms with van der Waals surface area (Å²) in [5.74, 6) is -1.26. The van der Waals surface area contributed by atoms with Gasteiger partial charge in [-0.1, -0.05) is 12.1 Å². The van der Waals surface area contributed by atoms with Gasteiger partial charge in [0.2, 0.25) is 11.8 Å². The van der Waals surface area contributed by atoms with Gasteiger partial charge in [-0.25, -0.2) is 0 Å². The molecule has 0 saturated heterocycles. The lowest BCUT2D eigenvalue weighted by molar-refractivity contribution is -0.137. The summed E-state index contributed by atoms with van der Waals surface area (Å²) in [4.78, 5) is 30.5. The van der Waals surface area contributed by atoms with Crippen LogP contribution in [-0.4, -0.2) is 28.0 Å². The second-order valence-electron chi connectivity index (χ2n) is 4.70. The Morgan fingerprint density at radius 3 is 1.68 bits per heavy atom. The normalized spacial score (nSPS) is 9.45. The Morgan fingerprint density at radius 2 is 1.32 bits per heavy atom. The van der Waals surface area contributed by atoms with Crippen LogP contribution in [0.3, 0.4) is 0 Å². The zero-order chi connectivity index (χ0) is 17.0. The molecule has 0 spiro atoms. The Labute approximate surface area is 128 Å². The standard InChI is InChI=1S/C9H10O3.C6H12N2O2/c10-8-4-1-7(2-5-8)3-6-9(11)12;7-5(9)3-1-2-4-6(8)10/h1-2,4-5,10H,3,6H2,(H,11,12);1-4H2,(H2,7,9)(H2,8,10). The number of carboxylic acid groups (broad SMARTS) is 1. The number of carbonyl (C=O) groups is 3. The fraction of sp³-hybridized carbons (Fsp3) is 0.400. The first-order valence-electron chi connectivity index (χ1n) is 6.87. The van der Waals surface area contributed by atoms with Gasteiger partial charge in [0.1, 0.15) is 5.75 Å². The summed E-state index contributed by atoms with van der Waals surface area (Å²) >= 11 is 0. The fourth-order valence-corrected chi connectivity index (χ4v) is 1.51. The van der Waals surface area contributed by atoms with E-state index in [9.17, 15) is 14.4 Å². The van der Waals surface area contributed by atoms with Crippen molar-refractivity contribution in [3.8, 4) is 5.75 Å². The number of carbonyl (C=O) groups excluding carboxylic acids is 2. The second-order valence-corrected chi connectivity index (χ2v) is 4.70. The highest BCUT2D eigenvalue weighted by atomic mass is 16.4. The second kappa shape index (κ2) is 11.1. The predicted octanol–water partition coefficient (Wildman–Crippen LogP) is 0.927. The topological polar surface area (TPSA) is 144 Å². The molecule has 122 valence electrons. The van der Waals surface area contributed by atoms with E-state index >= 15 is 0 Å². The quantitative estimate of drug-likeness (QED) is 0.528. The van der Waals surface area contributed by atoms with E-state index in [-0.39, 0.29) is 24.0 Å². The molecule has 7 heteroatoms. The number of benzene rings is 1. The Bertz CT molecular complexity index is 469. The SMILES string of the molecule is NC(=O)CCCCC(N)=O.O=C(O)CCc1ccc(O)cc1. The number of aryl methyl sites for hydroxylation is 1. The first-order chi connectivity index (χ1) is 10.3. The lowest BCUT2D eigenvalue weighted by atomic mass is 10.1. The molecule has 2 amide bonds. The Hall–Kier alpha value is -2.57. The maximum atomic E-state index is 10.2. The number of phenols is 1. The van der Waals surface area contributed by atoms with Crippen molar-refractivity contribution in [2.45, 2.75) is 38.5 Å². The van der Waals surface area contributed by atoms with Gasteiger partial charge in [-0.15, -0.1) is 0 Å².